The number of nitrogens with zero attached hydrogens (tertiary/aromatic N) is 4. The maximum Gasteiger partial charge on any atom is 0.253 e. The first-order chi connectivity index (χ1) is 13.6. The van der Waals surface area contributed by atoms with Crippen LogP contribution < -0.4 is 0 Å². The van der Waals surface area contributed by atoms with Gasteiger partial charge >= 0.3 is 0 Å². The highest BCUT2D eigenvalue weighted by molar-refractivity contribution is 5.94. The van der Waals surface area contributed by atoms with E-state index in [-0.39, 0.29) is 11.7 Å². The zero-order valence-corrected chi connectivity index (χ0v) is 15.9. The number of piperidine rings is 1. The lowest BCUT2D eigenvalue weighted by molar-refractivity contribution is 0.0690. The van der Waals surface area contributed by atoms with Crippen molar-refractivity contribution in [3.63, 3.8) is 0 Å². The minimum absolute atomic E-state index is 0.0830. The Morgan fingerprint density at radius 1 is 1.21 bits per heavy atom. The normalized spacial score (nSPS) is 15.0. The van der Waals surface area contributed by atoms with Crippen LogP contribution in [-0.4, -0.2) is 38.4 Å². The maximum atomic E-state index is 13.4. The van der Waals surface area contributed by atoms with E-state index in [1.165, 1.54) is 17.7 Å². The van der Waals surface area contributed by atoms with Gasteiger partial charge < -0.3 is 9.47 Å². The van der Waals surface area contributed by atoms with Crippen LogP contribution in [0.2, 0.25) is 0 Å². The Morgan fingerprint density at radius 3 is 2.75 bits per heavy atom. The number of carbonyl (C=O) groups is 1. The fraction of sp³-hybridized carbons (Fsp3) is 0.318. The number of benzene rings is 1. The van der Waals surface area contributed by atoms with Gasteiger partial charge in [0.25, 0.3) is 5.91 Å². The molecule has 1 saturated heterocycles. The number of aryl methyl sites for hydroxylation is 1. The van der Waals surface area contributed by atoms with Crippen LogP contribution in [0.4, 0.5) is 4.39 Å². The van der Waals surface area contributed by atoms with E-state index in [2.05, 4.69) is 22.1 Å². The van der Waals surface area contributed by atoms with Crippen molar-refractivity contribution >= 4 is 5.91 Å². The first-order valence-electron chi connectivity index (χ1n) is 9.56. The Hall–Kier alpha value is -3.02. The molecule has 5 nitrogen and oxygen atoms in total. The summed E-state index contributed by atoms with van der Waals surface area (Å²) in [6.45, 7) is 1.42. The molecule has 0 saturated carbocycles. The molecule has 0 aliphatic carbocycles. The van der Waals surface area contributed by atoms with Crippen LogP contribution in [0.1, 0.15) is 28.8 Å². The molecule has 1 aliphatic heterocycles. The molecule has 28 heavy (non-hydrogen) atoms. The Balaban J connectivity index is 1.37. The van der Waals surface area contributed by atoms with Gasteiger partial charge in [-0.3, -0.25) is 9.78 Å². The third-order valence-corrected chi connectivity index (χ3v) is 5.40. The van der Waals surface area contributed by atoms with Gasteiger partial charge in [-0.2, -0.15) is 0 Å². The first-order valence-corrected chi connectivity index (χ1v) is 9.56. The average molecular weight is 378 g/mol. The zero-order valence-electron chi connectivity index (χ0n) is 15.9. The van der Waals surface area contributed by atoms with Crippen LogP contribution in [0.15, 0.2) is 55.1 Å². The molecular formula is C22H23FN4O. The van der Waals surface area contributed by atoms with Crippen molar-refractivity contribution < 1.29 is 9.18 Å². The summed E-state index contributed by atoms with van der Waals surface area (Å²) in [6, 6.07) is 10.1. The van der Waals surface area contributed by atoms with Crippen molar-refractivity contribution in [1.82, 2.24) is 19.4 Å². The molecule has 1 aliphatic rings. The molecule has 0 bridgehead atoms. The van der Waals surface area contributed by atoms with Gasteiger partial charge in [0.15, 0.2) is 0 Å². The van der Waals surface area contributed by atoms with Gasteiger partial charge in [-0.05, 0) is 61.1 Å². The highest BCUT2D eigenvalue weighted by atomic mass is 19.1. The van der Waals surface area contributed by atoms with Crippen LogP contribution in [0.3, 0.4) is 0 Å². The lowest BCUT2D eigenvalue weighted by Crippen LogP contribution is -2.38. The molecule has 0 N–H and O–H groups in total. The summed E-state index contributed by atoms with van der Waals surface area (Å²) in [5.74, 6) is 0.0707. The molecule has 0 radical (unpaired) electrons. The summed E-state index contributed by atoms with van der Waals surface area (Å²) < 4.78 is 15.3. The van der Waals surface area contributed by atoms with Gasteiger partial charge in [0.05, 0.1) is 23.9 Å². The Kier molecular flexibility index (Phi) is 5.19. The predicted octanol–water partition coefficient (Wildman–Crippen LogP) is 3.72. The molecule has 1 amide bonds. The number of hydrogen-bond acceptors (Lipinski definition) is 3. The molecular weight excluding hydrogens is 355 g/mol. The SMILES string of the molecule is Cn1cncc1-c1cc(CC2CCN(C(=O)c3cccc(F)c3)CC2)ccn1. The van der Waals surface area contributed by atoms with Gasteiger partial charge in [0.2, 0.25) is 0 Å². The van der Waals surface area contributed by atoms with E-state index in [9.17, 15) is 9.18 Å². The quantitative estimate of drug-likeness (QED) is 0.695. The molecule has 3 aromatic rings. The molecule has 4 rings (SSSR count). The summed E-state index contributed by atoms with van der Waals surface area (Å²) >= 11 is 0. The largest absolute Gasteiger partial charge is 0.339 e. The van der Waals surface area contributed by atoms with Crippen LogP contribution >= 0.6 is 0 Å². The first kappa shape index (κ1) is 18.3. The van der Waals surface area contributed by atoms with E-state index in [4.69, 9.17) is 0 Å². The lowest BCUT2D eigenvalue weighted by atomic mass is 9.90. The number of carbonyl (C=O) groups excluding carboxylic acids is 1. The van der Waals surface area contributed by atoms with Gasteiger partial charge in [0, 0.05) is 31.9 Å². The Morgan fingerprint density at radius 2 is 2.04 bits per heavy atom. The van der Waals surface area contributed by atoms with Crippen LogP contribution in [0.25, 0.3) is 11.4 Å². The van der Waals surface area contributed by atoms with Crippen molar-refractivity contribution in [3.8, 4) is 11.4 Å². The molecule has 2 aromatic heterocycles. The molecule has 0 atom stereocenters. The summed E-state index contributed by atoms with van der Waals surface area (Å²) in [4.78, 5) is 23.0. The second-order valence-electron chi connectivity index (χ2n) is 7.39. The van der Waals surface area contributed by atoms with Gasteiger partial charge in [-0.1, -0.05) is 6.07 Å². The summed E-state index contributed by atoms with van der Waals surface area (Å²) in [5.41, 5.74) is 3.60. The highest BCUT2D eigenvalue weighted by Crippen LogP contribution is 2.25. The second kappa shape index (κ2) is 7.92. The molecule has 1 aromatic carbocycles. The Labute approximate surface area is 163 Å². The second-order valence-corrected chi connectivity index (χ2v) is 7.39. The zero-order chi connectivity index (χ0) is 19.5. The minimum atomic E-state index is -0.373. The number of halogens is 1. The number of amides is 1. The van der Waals surface area contributed by atoms with Crippen LogP contribution in [0, 0.1) is 11.7 Å². The van der Waals surface area contributed by atoms with Gasteiger partial charge in [0.1, 0.15) is 5.82 Å². The lowest BCUT2D eigenvalue weighted by Gasteiger charge is -2.32. The average Bonchev–Trinajstić information content (AvgIpc) is 3.14. The van der Waals surface area contributed by atoms with E-state index in [0.29, 0.717) is 24.6 Å². The number of aromatic nitrogens is 3. The monoisotopic (exact) mass is 378 g/mol. The highest BCUT2D eigenvalue weighted by Gasteiger charge is 2.24. The van der Waals surface area contributed by atoms with E-state index < -0.39 is 0 Å². The number of likely N-dealkylation sites (tertiary alicyclic amines) is 1. The Bertz CT molecular complexity index is 976. The van der Waals surface area contributed by atoms with E-state index in [0.717, 1.165) is 30.7 Å². The smallest absolute Gasteiger partial charge is 0.253 e. The maximum absolute atomic E-state index is 13.4. The van der Waals surface area contributed by atoms with Crippen molar-refractivity contribution in [2.24, 2.45) is 13.0 Å². The number of hydrogen-bond donors (Lipinski definition) is 0. The molecule has 144 valence electrons. The van der Waals surface area contributed by atoms with Crippen molar-refractivity contribution in [3.05, 3.63) is 72.1 Å². The van der Waals surface area contributed by atoms with Crippen molar-refractivity contribution in [2.45, 2.75) is 19.3 Å². The molecule has 1 fully saturated rings. The van der Waals surface area contributed by atoms with Gasteiger partial charge in [-0.25, -0.2) is 9.37 Å². The number of rotatable bonds is 4. The molecule has 3 heterocycles. The van der Waals surface area contributed by atoms with E-state index in [1.807, 2.05) is 28.9 Å². The minimum Gasteiger partial charge on any atom is -0.339 e. The molecule has 0 spiro atoms. The predicted molar refractivity (Wildman–Crippen MR) is 105 cm³/mol. The van der Waals surface area contributed by atoms with E-state index >= 15 is 0 Å². The van der Waals surface area contributed by atoms with Crippen LogP contribution in [-0.2, 0) is 13.5 Å². The van der Waals surface area contributed by atoms with Gasteiger partial charge in [-0.15, -0.1) is 0 Å². The summed E-state index contributed by atoms with van der Waals surface area (Å²) in [7, 11) is 1.96. The molecule has 0 unspecified atom stereocenters. The molecule has 6 heteroatoms. The van der Waals surface area contributed by atoms with Crippen molar-refractivity contribution in [2.75, 3.05) is 13.1 Å². The topological polar surface area (TPSA) is 51.0 Å². The third kappa shape index (κ3) is 3.96. The summed E-state index contributed by atoms with van der Waals surface area (Å²) in [6.07, 6.45) is 8.31. The standard InChI is InChI=1S/C22H23FN4O/c1-26-15-24-14-21(26)20-12-17(5-8-25-20)11-16-6-9-27(10-7-16)22(28)18-3-2-4-19(23)13-18/h2-5,8,12-16H,6-7,9-11H2,1H3. The van der Waals surface area contributed by atoms with Crippen LogP contribution in [0.5, 0.6) is 0 Å². The third-order valence-electron chi connectivity index (χ3n) is 5.40. The number of pyridine rings is 1. The van der Waals surface area contributed by atoms with Crippen molar-refractivity contribution in [1.29, 1.82) is 0 Å². The number of imidazole rings is 1. The summed E-state index contributed by atoms with van der Waals surface area (Å²) in [5, 5.41) is 0. The van der Waals surface area contributed by atoms with E-state index in [1.54, 1.807) is 18.5 Å². The fourth-order valence-corrected chi connectivity index (χ4v) is 3.82. The fourth-order valence-electron chi connectivity index (χ4n) is 3.82.